The van der Waals surface area contributed by atoms with Gasteiger partial charge in [0.05, 0.1) is 11.9 Å². The van der Waals surface area contributed by atoms with Crippen LogP contribution in [0.5, 0.6) is 0 Å². The minimum absolute atomic E-state index is 0.188. The molecule has 5 heteroatoms. The van der Waals surface area contributed by atoms with Crippen molar-refractivity contribution in [3.63, 3.8) is 0 Å². The van der Waals surface area contributed by atoms with Gasteiger partial charge in [-0.25, -0.2) is 4.39 Å². The minimum Gasteiger partial charge on any atom is -0.313 e. The average Bonchev–Trinajstić information content (AvgIpc) is 2.87. The third kappa shape index (κ3) is 3.36. The molecule has 19 heavy (non-hydrogen) atoms. The van der Waals surface area contributed by atoms with Crippen molar-refractivity contribution in [2.75, 3.05) is 12.8 Å². The first-order chi connectivity index (χ1) is 9.26. The van der Waals surface area contributed by atoms with E-state index in [1.165, 1.54) is 11.8 Å². The lowest BCUT2D eigenvalue weighted by molar-refractivity contribution is 0.602. The predicted molar refractivity (Wildman–Crippen MR) is 77.8 cm³/mol. The summed E-state index contributed by atoms with van der Waals surface area (Å²) in [6.07, 6.45) is 4.75. The average molecular weight is 279 g/mol. The van der Waals surface area contributed by atoms with Crippen molar-refractivity contribution in [2.45, 2.75) is 24.8 Å². The van der Waals surface area contributed by atoms with Gasteiger partial charge < -0.3 is 5.32 Å². The molecule has 0 saturated carbocycles. The van der Waals surface area contributed by atoms with E-state index in [-0.39, 0.29) is 5.82 Å². The predicted octanol–water partition coefficient (Wildman–Crippen LogP) is 3.44. The van der Waals surface area contributed by atoms with E-state index in [0.29, 0.717) is 4.90 Å². The molecule has 0 atom stereocenters. The van der Waals surface area contributed by atoms with Crippen molar-refractivity contribution in [3.05, 3.63) is 35.8 Å². The van der Waals surface area contributed by atoms with Crippen LogP contribution in [0.15, 0.2) is 29.3 Å². The van der Waals surface area contributed by atoms with Gasteiger partial charge in [-0.15, -0.1) is 11.8 Å². The van der Waals surface area contributed by atoms with Gasteiger partial charge in [0, 0.05) is 22.6 Å². The number of hydrogen-bond donors (Lipinski definition) is 2. The molecule has 2 aromatic rings. The van der Waals surface area contributed by atoms with Gasteiger partial charge in [0.2, 0.25) is 0 Å². The van der Waals surface area contributed by atoms with Crippen LogP contribution < -0.4 is 5.32 Å². The summed E-state index contributed by atoms with van der Waals surface area (Å²) in [5.41, 5.74) is 2.78. The second-order valence-electron chi connectivity index (χ2n) is 4.30. The van der Waals surface area contributed by atoms with E-state index in [9.17, 15) is 4.39 Å². The van der Waals surface area contributed by atoms with Gasteiger partial charge in [0.25, 0.3) is 0 Å². The fourth-order valence-electron chi connectivity index (χ4n) is 1.92. The van der Waals surface area contributed by atoms with E-state index >= 15 is 0 Å². The topological polar surface area (TPSA) is 40.7 Å². The molecular weight excluding hydrogens is 261 g/mol. The Balaban J connectivity index is 2.22. The molecule has 0 fully saturated rings. The number of nitrogens with zero attached hydrogens (tertiary/aromatic N) is 1. The van der Waals surface area contributed by atoms with Gasteiger partial charge >= 0.3 is 0 Å². The molecule has 0 unspecified atom stereocenters. The molecule has 1 aromatic heterocycles. The highest BCUT2D eigenvalue weighted by Crippen LogP contribution is 2.26. The number of hydrogen-bond acceptors (Lipinski definition) is 3. The zero-order valence-corrected chi connectivity index (χ0v) is 12.0. The molecular formula is C14H18FN3S. The SMILES string of the molecule is CCCNCc1cn[nH]c1-c1ccc(SC)c(F)c1. The molecule has 102 valence electrons. The minimum atomic E-state index is -0.188. The second-order valence-corrected chi connectivity index (χ2v) is 5.14. The van der Waals surface area contributed by atoms with Crippen molar-refractivity contribution in [1.82, 2.24) is 15.5 Å². The Morgan fingerprint density at radius 3 is 2.95 bits per heavy atom. The smallest absolute Gasteiger partial charge is 0.137 e. The van der Waals surface area contributed by atoms with Crippen molar-refractivity contribution in [3.8, 4) is 11.3 Å². The number of nitrogens with one attached hydrogen (secondary N) is 2. The number of rotatable bonds is 6. The van der Waals surface area contributed by atoms with Crippen molar-refractivity contribution < 1.29 is 4.39 Å². The van der Waals surface area contributed by atoms with Crippen LogP contribution in [-0.4, -0.2) is 23.0 Å². The van der Waals surface area contributed by atoms with Crippen LogP contribution >= 0.6 is 11.8 Å². The lowest BCUT2D eigenvalue weighted by Crippen LogP contribution is -2.13. The fourth-order valence-corrected chi connectivity index (χ4v) is 2.37. The lowest BCUT2D eigenvalue weighted by Gasteiger charge is -2.06. The van der Waals surface area contributed by atoms with Crippen LogP contribution in [0, 0.1) is 5.82 Å². The van der Waals surface area contributed by atoms with Crippen LogP contribution in [0.1, 0.15) is 18.9 Å². The van der Waals surface area contributed by atoms with Crippen LogP contribution in [0.4, 0.5) is 4.39 Å². The number of H-pyrrole nitrogens is 1. The molecule has 0 amide bonds. The maximum atomic E-state index is 13.8. The van der Waals surface area contributed by atoms with Gasteiger partial charge in [0.1, 0.15) is 5.82 Å². The standard InChI is InChI=1S/C14H18FN3S/c1-3-6-16-8-11-9-17-18-14(11)10-4-5-13(19-2)12(15)7-10/h4-5,7,9,16H,3,6,8H2,1-2H3,(H,17,18). The van der Waals surface area contributed by atoms with Crippen LogP contribution in [-0.2, 0) is 6.54 Å². The Bertz CT molecular complexity index is 539. The lowest BCUT2D eigenvalue weighted by atomic mass is 10.1. The Hall–Kier alpha value is -1.33. The van der Waals surface area contributed by atoms with E-state index in [1.54, 1.807) is 18.3 Å². The highest BCUT2D eigenvalue weighted by atomic mass is 32.2. The number of thioether (sulfide) groups is 1. The molecule has 0 spiro atoms. The molecule has 0 radical (unpaired) electrons. The summed E-state index contributed by atoms with van der Waals surface area (Å²) < 4.78 is 13.8. The number of aromatic nitrogens is 2. The molecule has 2 rings (SSSR count). The number of halogens is 1. The van der Waals surface area contributed by atoms with Gasteiger partial charge in [-0.3, -0.25) is 5.10 Å². The van der Waals surface area contributed by atoms with Gasteiger partial charge in [-0.05, 0) is 31.4 Å². The van der Waals surface area contributed by atoms with Gasteiger partial charge in [-0.2, -0.15) is 5.10 Å². The summed E-state index contributed by atoms with van der Waals surface area (Å²) >= 11 is 1.41. The summed E-state index contributed by atoms with van der Waals surface area (Å²) in [4.78, 5) is 0.661. The van der Waals surface area contributed by atoms with Gasteiger partial charge in [0.15, 0.2) is 0 Å². The molecule has 0 saturated heterocycles. The summed E-state index contributed by atoms with van der Waals surface area (Å²) in [6, 6.07) is 5.29. The monoisotopic (exact) mass is 279 g/mol. The Morgan fingerprint density at radius 2 is 2.26 bits per heavy atom. The largest absolute Gasteiger partial charge is 0.313 e. The fraction of sp³-hybridized carbons (Fsp3) is 0.357. The molecule has 1 heterocycles. The zero-order chi connectivity index (χ0) is 13.7. The molecule has 1 aromatic carbocycles. The third-order valence-electron chi connectivity index (χ3n) is 2.90. The van der Waals surface area contributed by atoms with E-state index in [0.717, 1.165) is 36.3 Å². The molecule has 0 aliphatic carbocycles. The summed E-state index contributed by atoms with van der Waals surface area (Å²) in [6.45, 7) is 3.83. The summed E-state index contributed by atoms with van der Waals surface area (Å²) in [5, 5.41) is 10.3. The van der Waals surface area contributed by atoms with Crippen LogP contribution in [0.2, 0.25) is 0 Å². The number of aromatic amines is 1. The molecule has 0 aliphatic heterocycles. The number of benzene rings is 1. The molecule has 0 aliphatic rings. The Kier molecular flexibility index (Phi) is 4.99. The summed E-state index contributed by atoms with van der Waals surface area (Å²) in [7, 11) is 0. The highest BCUT2D eigenvalue weighted by molar-refractivity contribution is 7.98. The van der Waals surface area contributed by atoms with Crippen molar-refractivity contribution in [2.24, 2.45) is 0 Å². The maximum absolute atomic E-state index is 13.8. The van der Waals surface area contributed by atoms with Crippen LogP contribution in [0.25, 0.3) is 11.3 Å². The van der Waals surface area contributed by atoms with Crippen molar-refractivity contribution in [1.29, 1.82) is 0 Å². The third-order valence-corrected chi connectivity index (χ3v) is 3.67. The first-order valence-corrected chi connectivity index (χ1v) is 7.55. The molecule has 3 nitrogen and oxygen atoms in total. The quantitative estimate of drug-likeness (QED) is 0.628. The van der Waals surface area contributed by atoms with E-state index < -0.39 is 0 Å². The van der Waals surface area contributed by atoms with E-state index in [4.69, 9.17) is 0 Å². The molecule has 2 N–H and O–H groups in total. The Morgan fingerprint density at radius 1 is 1.42 bits per heavy atom. The zero-order valence-electron chi connectivity index (χ0n) is 11.2. The van der Waals surface area contributed by atoms with Crippen molar-refractivity contribution >= 4 is 11.8 Å². The first kappa shape index (κ1) is 14.1. The van der Waals surface area contributed by atoms with E-state index in [2.05, 4.69) is 22.4 Å². The van der Waals surface area contributed by atoms with Gasteiger partial charge in [-0.1, -0.05) is 13.0 Å². The van der Waals surface area contributed by atoms with E-state index in [1.807, 2.05) is 12.3 Å². The normalized spacial score (nSPS) is 10.9. The maximum Gasteiger partial charge on any atom is 0.137 e. The first-order valence-electron chi connectivity index (χ1n) is 6.33. The summed E-state index contributed by atoms with van der Waals surface area (Å²) in [5.74, 6) is -0.188. The Labute approximate surface area is 117 Å². The highest BCUT2D eigenvalue weighted by Gasteiger charge is 2.10. The van der Waals surface area contributed by atoms with Crippen LogP contribution in [0.3, 0.4) is 0 Å². The second kappa shape index (κ2) is 6.73. The molecule has 0 bridgehead atoms.